The van der Waals surface area contributed by atoms with Crippen LogP contribution < -0.4 is 0 Å². The highest BCUT2D eigenvalue weighted by Crippen LogP contribution is 2.10. The summed E-state index contributed by atoms with van der Waals surface area (Å²) in [7, 11) is 2.07. The molecule has 0 saturated carbocycles. The number of hydrogen-bond acceptors (Lipinski definition) is 3. The van der Waals surface area contributed by atoms with Crippen molar-refractivity contribution in [1.82, 2.24) is 4.90 Å². The molecule has 0 aliphatic heterocycles. The Morgan fingerprint density at radius 1 is 1.36 bits per heavy atom. The van der Waals surface area contributed by atoms with Gasteiger partial charge in [0.05, 0.1) is 6.61 Å². The third-order valence-electron chi connectivity index (χ3n) is 2.54. The van der Waals surface area contributed by atoms with Crippen molar-refractivity contribution >= 4 is 0 Å². The molecule has 0 spiro atoms. The minimum absolute atomic E-state index is 0.274. The Balaban J connectivity index is 3.62. The van der Waals surface area contributed by atoms with E-state index in [0.29, 0.717) is 11.8 Å². The van der Waals surface area contributed by atoms with Gasteiger partial charge < -0.3 is 14.7 Å². The number of aliphatic hydroxyl groups is 1. The van der Waals surface area contributed by atoms with E-state index in [4.69, 9.17) is 9.84 Å². The van der Waals surface area contributed by atoms with Crippen LogP contribution in [0.5, 0.6) is 0 Å². The van der Waals surface area contributed by atoms with Crippen LogP contribution in [0.4, 0.5) is 0 Å². The highest BCUT2D eigenvalue weighted by molar-refractivity contribution is 4.65. The van der Waals surface area contributed by atoms with E-state index in [0.717, 1.165) is 26.3 Å². The van der Waals surface area contributed by atoms with Crippen molar-refractivity contribution in [3.05, 3.63) is 0 Å². The van der Waals surface area contributed by atoms with E-state index in [2.05, 4.69) is 25.8 Å². The first kappa shape index (κ1) is 13.9. The average molecular weight is 203 g/mol. The summed E-state index contributed by atoms with van der Waals surface area (Å²) in [6.45, 7) is 10.0. The number of nitrogens with zero attached hydrogens (tertiary/aromatic N) is 1. The van der Waals surface area contributed by atoms with Crippen molar-refractivity contribution in [2.45, 2.75) is 20.8 Å². The molecule has 0 heterocycles. The molecule has 86 valence electrons. The number of hydrogen-bond donors (Lipinski definition) is 1. The van der Waals surface area contributed by atoms with Crippen LogP contribution in [0.1, 0.15) is 20.8 Å². The van der Waals surface area contributed by atoms with Crippen LogP contribution in [-0.2, 0) is 4.74 Å². The van der Waals surface area contributed by atoms with Gasteiger partial charge in [0.25, 0.3) is 0 Å². The fourth-order valence-electron chi connectivity index (χ4n) is 1.34. The standard InChI is InChI=1S/C11H25NO2/c1-5-14-7-6-12(4)8-11(9-13)10(2)3/h10-11,13H,5-9H2,1-4H3. The lowest BCUT2D eigenvalue weighted by atomic mass is 9.96. The normalized spacial score (nSPS) is 13.9. The predicted octanol–water partition coefficient (Wildman–Crippen LogP) is 1.22. The number of ether oxygens (including phenoxy) is 1. The second-order valence-electron chi connectivity index (χ2n) is 4.15. The fourth-order valence-corrected chi connectivity index (χ4v) is 1.34. The summed E-state index contributed by atoms with van der Waals surface area (Å²) in [6.07, 6.45) is 0. The largest absolute Gasteiger partial charge is 0.396 e. The van der Waals surface area contributed by atoms with E-state index < -0.39 is 0 Å². The van der Waals surface area contributed by atoms with Crippen molar-refractivity contribution < 1.29 is 9.84 Å². The Morgan fingerprint density at radius 2 is 2.00 bits per heavy atom. The zero-order valence-corrected chi connectivity index (χ0v) is 9.99. The third-order valence-corrected chi connectivity index (χ3v) is 2.54. The molecular weight excluding hydrogens is 178 g/mol. The highest BCUT2D eigenvalue weighted by atomic mass is 16.5. The summed E-state index contributed by atoms with van der Waals surface area (Å²) in [5.41, 5.74) is 0. The van der Waals surface area contributed by atoms with Gasteiger partial charge in [-0.2, -0.15) is 0 Å². The van der Waals surface area contributed by atoms with Crippen LogP contribution in [0.15, 0.2) is 0 Å². The molecule has 0 saturated heterocycles. The molecule has 1 atom stereocenters. The van der Waals surface area contributed by atoms with Gasteiger partial charge in [0.15, 0.2) is 0 Å². The highest BCUT2D eigenvalue weighted by Gasteiger charge is 2.14. The van der Waals surface area contributed by atoms with Crippen LogP contribution >= 0.6 is 0 Å². The molecule has 0 aromatic carbocycles. The quantitative estimate of drug-likeness (QED) is 0.602. The van der Waals surface area contributed by atoms with Crippen LogP contribution in [0.25, 0.3) is 0 Å². The molecule has 0 aliphatic carbocycles. The molecule has 1 N–H and O–H groups in total. The number of rotatable bonds is 8. The number of aliphatic hydroxyl groups excluding tert-OH is 1. The summed E-state index contributed by atoms with van der Waals surface area (Å²) in [5, 5.41) is 9.16. The zero-order chi connectivity index (χ0) is 11.0. The molecule has 0 rings (SSSR count). The van der Waals surface area contributed by atoms with Crippen molar-refractivity contribution in [1.29, 1.82) is 0 Å². The lowest BCUT2D eigenvalue weighted by Crippen LogP contribution is -2.32. The second-order valence-corrected chi connectivity index (χ2v) is 4.15. The molecule has 1 unspecified atom stereocenters. The van der Waals surface area contributed by atoms with E-state index in [1.807, 2.05) is 6.92 Å². The molecular formula is C11H25NO2. The van der Waals surface area contributed by atoms with Gasteiger partial charge in [0.1, 0.15) is 0 Å². The van der Waals surface area contributed by atoms with E-state index in [9.17, 15) is 0 Å². The van der Waals surface area contributed by atoms with Crippen LogP contribution in [-0.4, -0.2) is 50.0 Å². The van der Waals surface area contributed by atoms with Gasteiger partial charge >= 0.3 is 0 Å². The molecule has 3 nitrogen and oxygen atoms in total. The first-order valence-electron chi connectivity index (χ1n) is 5.48. The smallest absolute Gasteiger partial charge is 0.0593 e. The Kier molecular flexibility index (Phi) is 8.14. The fraction of sp³-hybridized carbons (Fsp3) is 1.00. The van der Waals surface area contributed by atoms with Gasteiger partial charge in [-0.3, -0.25) is 0 Å². The van der Waals surface area contributed by atoms with Crippen LogP contribution in [0.3, 0.4) is 0 Å². The maximum atomic E-state index is 9.16. The second kappa shape index (κ2) is 8.21. The molecule has 0 aromatic rings. The molecule has 0 amide bonds. The average Bonchev–Trinajstić information content (AvgIpc) is 2.14. The van der Waals surface area contributed by atoms with Crippen molar-refractivity contribution in [2.24, 2.45) is 11.8 Å². The molecule has 0 radical (unpaired) electrons. The molecule has 0 fully saturated rings. The van der Waals surface area contributed by atoms with E-state index in [1.54, 1.807) is 0 Å². The van der Waals surface area contributed by atoms with E-state index in [1.165, 1.54) is 0 Å². The summed E-state index contributed by atoms with van der Waals surface area (Å²) >= 11 is 0. The lowest BCUT2D eigenvalue weighted by Gasteiger charge is -2.25. The summed E-state index contributed by atoms with van der Waals surface area (Å²) in [6, 6.07) is 0. The van der Waals surface area contributed by atoms with Crippen LogP contribution in [0, 0.1) is 11.8 Å². The molecule has 0 aromatic heterocycles. The Morgan fingerprint density at radius 3 is 2.43 bits per heavy atom. The molecule has 0 bridgehead atoms. The van der Waals surface area contributed by atoms with Gasteiger partial charge in [0.2, 0.25) is 0 Å². The SMILES string of the molecule is CCOCCN(C)CC(CO)C(C)C. The van der Waals surface area contributed by atoms with Crippen molar-refractivity contribution in [3.63, 3.8) is 0 Å². The van der Waals surface area contributed by atoms with Gasteiger partial charge in [-0.15, -0.1) is 0 Å². The Bertz CT molecular complexity index is 128. The van der Waals surface area contributed by atoms with Crippen molar-refractivity contribution in [2.75, 3.05) is 40.0 Å². The van der Waals surface area contributed by atoms with Crippen molar-refractivity contribution in [3.8, 4) is 0 Å². The molecule has 0 aliphatic rings. The van der Waals surface area contributed by atoms with Gasteiger partial charge in [-0.1, -0.05) is 13.8 Å². The monoisotopic (exact) mass is 203 g/mol. The summed E-state index contributed by atoms with van der Waals surface area (Å²) in [4.78, 5) is 2.22. The summed E-state index contributed by atoms with van der Waals surface area (Å²) < 4.78 is 5.28. The number of likely N-dealkylation sites (N-methyl/N-ethyl adjacent to an activating group) is 1. The van der Waals surface area contributed by atoms with E-state index in [-0.39, 0.29) is 6.61 Å². The van der Waals surface area contributed by atoms with Gasteiger partial charge in [-0.05, 0) is 25.8 Å². The predicted molar refractivity (Wildman–Crippen MR) is 59.4 cm³/mol. The van der Waals surface area contributed by atoms with Crippen LogP contribution in [0.2, 0.25) is 0 Å². The topological polar surface area (TPSA) is 32.7 Å². The van der Waals surface area contributed by atoms with Gasteiger partial charge in [0, 0.05) is 26.3 Å². The maximum absolute atomic E-state index is 9.16. The maximum Gasteiger partial charge on any atom is 0.0593 e. The molecule has 3 heteroatoms. The lowest BCUT2D eigenvalue weighted by molar-refractivity contribution is 0.0990. The third kappa shape index (κ3) is 6.35. The first-order valence-corrected chi connectivity index (χ1v) is 5.48. The van der Waals surface area contributed by atoms with Gasteiger partial charge in [-0.25, -0.2) is 0 Å². The minimum atomic E-state index is 0.274. The van der Waals surface area contributed by atoms with E-state index >= 15 is 0 Å². The Labute approximate surface area is 88.1 Å². The first-order chi connectivity index (χ1) is 6.61. The minimum Gasteiger partial charge on any atom is -0.396 e. The summed E-state index contributed by atoms with van der Waals surface area (Å²) in [5.74, 6) is 0.913. The zero-order valence-electron chi connectivity index (χ0n) is 9.99. The molecule has 14 heavy (non-hydrogen) atoms. The Hall–Kier alpha value is -0.120.